The largest absolute Gasteiger partial charge is 0.344 e. The third kappa shape index (κ3) is 4.81. The number of aryl methyl sites for hydroxylation is 2. The van der Waals surface area contributed by atoms with Crippen LogP contribution in [0, 0.1) is 18.6 Å². The Morgan fingerprint density at radius 2 is 1.68 bits per heavy atom. The van der Waals surface area contributed by atoms with E-state index in [2.05, 4.69) is 39.8 Å². The molecule has 1 aromatic heterocycles. The average Bonchev–Trinajstić information content (AvgIpc) is 3.13. The van der Waals surface area contributed by atoms with Gasteiger partial charge in [-0.3, -0.25) is 14.5 Å². The molecule has 0 bridgehead atoms. The van der Waals surface area contributed by atoms with Gasteiger partial charge in [-0.25, -0.2) is 0 Å². The molecule has 2 N–H and O–H groups in total. The van der Waals surface area contributed by atoms with Gasteiger partial charge in [-0.2, -0.15) is 5.10 Å². The van der Waals surface area contributed by atoms with Gasteiger partial charge in [0.25, 0.3) is 0 Å². The molecular formula is C25H24N4OS. The lowest BCUT2D eigenvalue weighted by Gasteiger charge is -2.20. The van der Waals surface area contributed by atoms with Gasteiger partial charge in [0.15, 0.2) is 10.6 Å². The Morgan fingerprint density at radius 1 is 0.968 bits per heavy atom. The number of aromatic amines is 1. The normalized spacial score (nSPS) is 11.8. The fraction of sp³-hybridized carbons (Fsp3) is 0.160. The highest BCUT2D eigenvalue weighted by atomic mass is 32.1. The number of nitrogens with zero attached hydrogens (tertiary/aromatic N) is 2. The summed E-state index contributed by atoms with van der Waals surface area (Å²) in [4.78, 5) is 13.1. The number of hydrogen-bond acceptors (Lipinski definition) is 3. The summed E-state index contributed by atoms with van der Waals surface area (Å²) in [6.45, 7) is 4.15. The van der Waals surface area contributed by atoms with E-state index in [0.29, 0.717) is 10.6 Å². The van der Waals surface area contributed by atoms with Crippen molar-refractivity contribution in [2.24, 2.45) is 0 Å². The molecule has 0 aliphatic rings. The molecule has 1 amide bonds. The first kappa shape index (κ1) is 20.8. The van der Waals surface area contributed by atoms with Gasteiger partial charge in [0.1, 0.15) is 6.54 Å². The summed E-state index contributed by atoms with van der Waals surface area (Å²) in [5.41, 5.74) is 5.26. The van der Waals surface area contributed by atoms with Crippen LogP contribution in [0.15, 0.2) is 78.9 Å². The summed E-state index contributed by atoms with van der Waals surface area (Å²) in [6.07, 6.45) is 0. The lowest BCUT2D eigenvalue weighted by molar-refractivity contribution is -0.122. The van der Waals surface area contributed by atoms with Crippen LogP contribution in [-0.4, -0.2) is 20.7 Å². The molecule has 6 heteroatoms. The number of benzene rings is 3. The van der Waals surface area contributed by atoms with Crippen LogP contribution in [0.5, 0.6) is 0 Å². The van der Waals surface area contributed by atoms with Crippen LogP contribution in [0.4, 0.5) is 0 Å². The molecule has 4 aromatic rings. The van der Waals surface area contributed by atoms with Crippen molar-refractivity contribution in [3.05, 3.63) is 106 Å². The molecule has 0 saturated heterocycles. The van der Waals surface area contributed by atoms with E-state index in [1.165, 1.54) is 5.56 Å². The second-order valence-corrected chi connectivity index (χ2v) is 8.02. The molecule has 156 valence electrons. The zero-order valence-electron chi connectivity index (χ0n) is 17.5. The minimum Gasteiger partial charge on any atom is -0.344 e. The Bertz CT molecular complexity index is 1240. The molecule has 5 nitrogen and oxygen atoms in total. The third-order valence-corrected chi connectivity index (χ3v) is 5.50. The van der Waals surface area contributed by atoms with Gasteiger partial charge in [-0.1, -0.05) is 83.9 Å². The van der Waals surface area contributed by atoms with E-state index in [1.54, 1.807) is 4.57 Å². The number of carbonyl (C=O) groups is 1. The zero-order chi connectivity index (χ0) is 21.8. The standard InChI is InChI=1S/C25H24N4OS/c1-17-11-13-20(14-12-17)23(19-8-4-3-5-9-19)26-22(30)16-29-24(27-28-25(29)31)21-10-6-7-18(2)15-21/h3-15,23H,16H2,1-2H3,(H,26,30)(H,28,31). The second-order valence-electron chi connectivity index (χ2n) is 7.63. The Balaban J connectivity index is 1.62. The zero-order valence-corrected chi connectivity index (χ0v) is 18.3. The maximum Gasteiger partial charge on any atom is 0.240 e. The Morgan fingerprint density at radius 3 is 2.39 bits per heavy atom. The Labute approximate surface area is 186 Å². The van der Waals surface area contributed by atoms with Gasteiger partial charge >= 0.3 is 0 Å². The van der Waals surface area contributed by atoms with E-state index >= 15 is 0 Å². The second kappa shape index (κ2) is 9.10. The summed E-state index contributed by atoms with van der Waals surface area (Å²) >= 11 is 5.40. The van der Waals surface area contributed by atoms with Crippen molar-refractivity contribution in [2.45, 2.75) is 26.4 Å². The Kier molecular flexibility index (Phi) is 6.09. The first-order chi connectivity index (χ1) is 15.0. The smallest absolute Gasteiger partial charge is 0.240 e. The van der Waals surface area contributed by atoms with Crippen molar-refractivity contribution in [3.63, 3.8) is 0 Å². The first-order valence-electron chi connectivity index (χ1n) is 10.1. The molecule has 3 aromatic carbocycles. The number of amides is 1. The number of hydrogen-bond donors (Lipinski definition) is 2. The van der Waals surface area contributed by atoms with Gasteiger partial charge in [0, 0.05) is 5.56 Å². The Hall–Kier alpha value is -3.51. The van der Waals surface area contributed by atoms with E-state index in [0.717, 1.165) is 22.3 Å². The molecule has 0 saturated carbocycles. The molecule has 4 rings (SSSR count). The molecule has 0 radical (unpaired) electrons. The van der Waals surface area contributed by atoms with Gasteiger partial charge in [-0.05, 0) is 43.3 Å². The molecular weight excluding hydrogens is 404 g/mol. The number of H-pyrrole nitrogens is 1. The molecule has 31 heavy (non-hydrogen) atoms. The van der Waals surface area contributed by atoms with E-state index in [-0.39, 0.29) is 18.5 Å². The predicted octanol–water partition coefficient (Wildman–Crippen LogP) is 5.13. The van der Waals surface area contributed by atoms with Crippen LogP contribution in [0.25, 0.3) is 11.4 Å². The summed E-state index contributed by atoms with van der Waals surface area (Å²) < 4.78 is 2.15. The lowest BCUT2D eigenvalue weighted by atomic mass is 9.98. The van der Waals surface area contributed by atoms with E-state index in [9.17, 15) is 4.79 Å². The monoisotopic (exact) mass is 428 g/mol. The van der Waals surface area contributed by atoms with Gasteiger partial charge < -0.3 is 5.32 Å². The highest BCUT2D eigenvalue weighted by molar-refractivity contribution is 7.71. The highest BCUT2D eigenvalue weighted by Gasteiger charge is 2.19. The maximum absolute atomic E-state index is 13.1. The van der Waals surface area contributed by atoms with E-state index < -0.39 is 0 Å². The number of nitrogens with one attached hydrogen (secondary N) is 2. The van der Waals surface area contributed by atoms with E-state index in [1.807, 2.05) is 68.4 Å². The van der Waals surface area contributed by atoms with Crippen molar-refractivity contribution < 1.29 is 4.79 Å². The van der Waals surface area contributed by atoms with Gasteiger partial charge in [-0.15, -0.1) is 0 Å². The van der Waals surface area contributed by atoms with Crippen LogP contribution in [0.2, 0.25) is 0 Å². The molecule has 1 heterocycles. The molecule has 0 aliphatic carbocycles. The van der Waals surface area contributed by atoms with Crippen molar-refractivity contribution in [2.75, 3.05) is 0 Å². The summed E-state index contributed by atoms with van der Waals surface area (Å²) in [7, 11) is 0. The molecule has 0 spiro atoms. The summed E-state index contributed by atoms with van der Waals surface area (Å²) in [5, 5.41) is 10.3. The number of carbonyl (C=O) groups excluding carboxylic acids is 1. The minimum absolute atomic E-state index is 0.0772. The lowest BCUT2D eigenvalue weighted by Crippen LogP contribution is -2.32. The molecule has 0 aliphatic heterocycles. The summed E-state index contributed by atoms with van der Waals surface area (Å²) in [6, 6.07) is 25.9. The maximum atomic E-state index is 13.1. The first-order valence-corrected chi connectivity index (χ1v) is 10.6. The number of aromatic nitrogens is 3. The number of rotatable bonds is 6. The fourth-order valence-corrected chi connectivity index (χ4v) is 3.78. The van der Waals surface area contributed by atoms with Crippen molar-refractivity contribution in [3.8, 4) is 11.4 Å². The quantitative estimate of drug-likeness (QED) is 0.419. The minimum atomic E-state index is -0.252. The summed E-state index contributed by atoms with van der Waals surface area (Å²) in [5.74, 6) is 0.510. The third-order valence-electron chi connectivity index (χ3n) is 5.19. The molecule has 1 atom stereocenters. The SMILES string of the molecule is Cc1ccc(C(NC(=O)Cn2c(-c3cccc(C)c3)n[nH]c2=S)c2ccccc2)cc1. The van der Waals surface area contributed by atoms with Crippen LogP contribution >= 0.6 is 12.2 Å². The van der Waals surface area contributed by atoms with Crippen LogP contribution in [0.1, 0.15) is 28.3 Å². The molecule has 0 fully saturated rings. The van der Waals surface area contributed by atoms with Gasteiger partial charge in [0.2, 0.25) is 5.91 Å². The van der Waals surface area contributed by atoms with Crippen LogP contribution in [0.3, 0.4) is 0 Å². The van der Waals surface area contributed by atoms with Gasteiger partial charge in [0.05, 0.1) is 6.04 Å². The van der Waals surface area contributed by atoms with Crippen molar-refractivity contribution in [1.29, 1.82) is 0 Å². The van der Waals surface area contributed by atoms with Crippen molar-refractivity contribution in [1.82, 2.24) is 20.1 Å². The van der Waals surface area contributed by atoms with Crippen LogP contribution < -0.4 is 5.32 Å². The fourth-order valence-electron chi connectivity index (χ4n) is 3.58. The van der Waals surface area contributed by atoms with Crippen molar-refractivity contribution >= 4 is 18.1 Å². The predicted molar refractivity (Wildman–Crippen MR) is 125 cm³/mol. The van der Waals surface area contributed by atoms with Crippen LogP contribution in [-0.2, 0) is 11.3 Å². The average molecular weight is 429 g/mol. The highest BCUT2D eigenvalue weighted by Crippen LogP contribution is 2.23. The topological polar surface area (TPSA) is 62.7 Å². The molecule has 1 unspecified atom stereocenters. The van der Waals surface area contributed by atoms with E-state index in [4.69, 9.17) is 12.2 Å².